The number of sulfonamides is 1. The Kier molecular flexibility index (Phi) is 13.1. The van der Waals surface area contributed by atoms with Crippen molar-refractivity contribution in [2.45, 2.75) is 86.6 Å². The number of thioether (sulfide) groups is 2. The maximum atomic E-state index is 13.5. The normalized spacial score (nSPS) is 33.3. The number of anilines is 1. The molecule has 3 N–H and O–H groups in total. The minimum atomic E-state index is -3.95. The molecule has 4 aliphatic heterocycles. The summed E-state index contributed by atoms with van der Waals surface area (Å²) in [5, 5.41) is 15.9. The Morgan fingerprint density at radius 3 is 2.55 bits per heavy atom. The molecule has 2 saturated heterocycles. The third-order valence-electron chi connectivity index (χ3n) is 13.0. The van der Waals surface area contributed by atoms with E-state index in [2.05, 4.69) is 38.9 Å². The molecule has 2 aliphatic carbocycles. The van der Waals surface area contributed by atoms with E-state index in [1.54, 1.807) is 19.1 Å². The predicted octanol–water partition coefficient (Wildman–Crippen LogP) is 6.72. The highest BCUT2D eigenvalue weighted by atomic mass is 35.5. The molecule has 0 aromatic heterocycles. The lowest BCUT2D eigenvalue weighted by Crippen LogP contribution is -2.55. The van der Waals surface area contributed by atoms with Crippen LogP contribution in [0.2, 0.25) is 5.02 Å². The number of carbonyl (C=O) groups is 1. The zero-order chi connectivity index (χ0) is 38.8. The van der Waals surface area contributed by atoms with Crippen molar-refractivity contribution in [2.75, 3.05) is 68.8 Å². The van der Waals surface area contributed by atoms with Gasteiger partial charge in [-0.2, -0.15) is 0 Å². The van der Waals surface area contributed by atoms with Gasteiger partial charge in [-0.1, -0.05) is 43.7 Å². The van der Waals surface area contributed by atoms with E-state index in [4.69, 9.17) is 16.3 Å². The monoisotopic (exact) mass is 830 g/mol. The SMILES string of the molecule is CCN1CCNCC1.C[C@@H]1[C@@H](C)C/C=C/[C@@](O)(C2SCCCS2)[C@@H]2CC[C@H]2CN2C[C@@]3(CCCc4cc(Cl)ccc43)COc3ccc(cc32)C(=O)NS1(=O)=O. The molecule has 0 unspecified atom stereocenters. The Morgan fingerprint density at radius 1 is 1.05 bits per heavy atom. The summed E-state index contributed by atoms with van der Waals surface area (Å²) in [5.41, 5.74) is 2.32. The summed E-state index contributed by atoms with van der Waals surface area (Å²) in [7, 11) is -3.95. The molecule has 6 atom stereocenters. The Bertz CT molecular complexity index is 1820. The van der Waals surface area contributed by atoms with Gasteiger partial charge in [-0.05, 0) is 129 Å². The van der Waals surface area contributed by atoms with Crippen LogP contribution < -0.4 is 19.7 Å². The third-order valence-corrected chi connectivity index (χ3v) is 18.4. The highest BCUT2D eigenvalue weighted by Gasteiger charge is 2.52. The molecule has 13 heteroatoms. The third kappa shape index (κ3) is 8.91. The first kappa shape index (κ1) is 41.2. The highest BCUT2D eigenvalue weighted by Crippen LogP contribution is 2.53. The van der Waals surface area contributed by atoms with Gasteiger partial charge in [-0.25, -0.2) is 13.1 Å². The number of likely N-dealkylation sites (N-methyl/N-ethyl adjacent to an activating group) is 1. The molecule has 6 aliphatic rings. The van der Waals surface area contributed by atoms with Gasteiger partial charge >= 0.3 is 0 Å². The minimum absolute atomic E-state index is 0.0302. The van der Waals surface area contributed by atoms with Crippen LogP contribution >= 0.6 is 35.1 Å². The molecule has 1 saturated carbocycles. The zero-order valence-electron chi connectivity index (χ0n) is 32.6. The van der Waals surface area contributed by atoms with Crippen molar-refractivity contribution in [3.05, 3.63) is 70.3 Å². The molecule has 3 fully saturated rings. The van der Waals surface area contributed by atoms with Gasteiger partial charge in [-0.15, -0.1) is 23.5 Å². The number of hydrogen-bond donors (Lipinski definition) is 3. The standard InChI is InChI=1S/C36H45ClN2O5S3.C6H14N2/c1-23-6-3-15-36(41,34-45-16-5-17-46-34)30-11-8-27(30)20-39-21-35(14-4-7-25-18-28(37)10-12-29(25)35)22-44-32-13-9-26(19-31(32)39)33(40)38-47(42,43)24(23)2;1-2-8-5-3-7-4-6-8/h3,9-10,12-13,15,18-19,23-24,27,30,34,41H,4-8,11,14,16-17,20-22H2,1-2H3,(H,38,40);7H,2-6H2,1H3/b15-3+;/t23-,24+,27-,30+,35-,36-;/m0./s1. The second-order valence-corrected chi connectivity index (χ2v) is 21.7. The number of piperazine rings is 1. The van der Waals surface area contributed by atoms with Crippen LogP contribution in [-0.4, -0.2) is 104 Å². The van der Waals surface area contributed by atoms with E-state index in [9.17, 15) is 18.3 Å². The van der Waals surface area contributed by atoms with E-state index in [1.807, 2.05) is 54.7 Å². The Labute approximate surface area is 342 Å². The Morgan fingerprint density at radius 2 is 1.84 bits per heavy atom. The van der Waals surface area contributed by atoms with Crippen LogP contribution in [0.3, 0.4) is 0 Å². The van der Waals surface area contributed by atoms with Gasteiger partial charge in [0.2, 0.25) is 10.0 Å². The van der Waals surface area contributed by atoms with Crippen LogP contribution in [0, 0.1) is 17.8 Å². The molecule has 2 aromatic carbocycles. The summed E-state index contributed by atoms with van der Waals surface area (Å²) < 4.78 is 35.9. The predicted molar refractivity (Wildman–Crippen MR) is 228 cm³/mol. The fraction of sp³-hybridized carbons (Fsp3) is 0.643. The smallest absolute Gasteiger partial charge is 0.264 e. The summed E-state index contributed by atoms with van der Waals surface area (Å²) in [4.78, 5) is 18.3. The summed E-state index contributed by atoms with van der Waals surface area (Å²) in [6.45, 7) is 13.7. The van der Waals surface area contributed by atoms with Crippen molar-refractivity contribution in [3.63, 3.8) is 0 Å². The molecule has 55 heavy (non-hydrogen) atoms. The lowest BCUT2D eigenvalue weighted by atomic mass is 9.64. The largest absolute Gasteiger partial charge is 0.490 e. The van der Waals surface area contributed by atoms with E-state index in [0.29, 0.717) is 31.9 Å². The van der Waals surface area contributed by atoms with E-state index in [-0.39, 0.29) is 33.3 Å². The van der Waals surface area contributed by atoms with Crippen molar-refractivity contribution in [2.24, 2.45) is 17.8 Å². The fourth-order valence-corrected chi connectivity index (χ4v) is 14.1. The van der Waals surface area contributed by atoms with Crippen LogP contribution in [0.15, 0.2) is 48.6 Å². The number of fused-ring (bicyclic) bond motifs is 4. The van der Waals surface area contributed by atoms with Crippen LogP contribution in [0.5, 0.6) is 5.75 Å². The molecule has 1 amide bonds. The fourth-order valence-electron chi connectivity index (χ4n) is 9.34. The molecule has 9 nitrogen and oxygen atoms in total. The lowest BCUT2D eigenvalue weighted by Gasteiger charge is -2.51. The van der Waals surface area contributed by atoms with Gasteiger partial charge in [-0.3, -0.25) is 4.79 Å². The molecule has 8 rings (SSSR count). The van der Waals surface area contributed by atoms with Gasteiger partial charge in [0.25, 0.3) is 5.91 Å². The van der Waals surface area contributed by atoms with Crippen molar-refractivity contribution < 1.29 is 23.1 Å². The number of aryl methyl sites for hydroxylation is 1. The Hall–Kier alpha value is -1.93. The van der Waals surface area contributed by atoms with Gasteiger partial charge in [0.1, 0.15) is 11.4 Å². The number of halogens is 1. The lowest BCUT2D eigenvalue weighted by molar-refractivity contribution is -0.0333. The van der Waals surface area contributed by atoms with Crippen molar-refractivity contribution in [3.8, 4) is 5.75 Å². The zero-order valence-corrected chi connectivity index (χ0v) is 35.8. The number of hydrogen-bond acceptors (Lipinski definition) is 10. The Balaban J connectivity index is 0.000000518. The van der Waals surface area contributed by atoms with Gasteiger partial charge in [0, 0.05) is 55.3 Å². The van der Waals surface area contributed by atoms with Crippen LogP contribution in [0.1, 0.15) is 80.8 Å². The molecular weight excluding hydrogens is 772 g/mol. The minimum Gasteiger partial charge on any atom is -0.490 e. The van der Waals surface area contributed by atoms with Gasteiger partial charge in [0.15, 0.2) is 0 Å². The molecule has 2 bridgehead atoms. The number of ether oxygens (including phenoxy) is 1. The van der Waals surface area contributed by atoms with E-state index >= 15 is 0 Å². The van der Waals surface area contributed by atoms with Crippen molar-refractivity contribution in [1.29, 1.82) is 0 Å². The number of nitrogens with one attached hydrogen (secondary N) is 2. The van der Waals surface area contributed by atoms with Gasteiger partial charge < -0.3 is 25.0 Å². The van der Waals surface area contributed by atoms with Crippen LogP contribution in [0.4, 0.5) is 5.69 Å². The van der Waals surface area contributed by atoms with Gasteiger partial charge in [0.05, 0.1) is 22.1 Å². The van der Waals surface area contributed by atoms with E-state index < -0.39 is 26.8 Å². The summed E-state index contributed by atoms with van der Waals surface area (Å²) in [5.74, 6) is 2.18. The summed E-state index contributed by atoms with van der Waals surface area (Å²) in [6, 6.07) is 11.5. The molecule has 302 valence electrons. The highest BCUT2D eigenvalue weighted by molar-refractivity contribution is 8.17. The van der Waals surface area contributed by atoms with Crippen molar-refractivity contribution in [1.82, 2.24) is 14.9 Å². The first-order valence-corrected chi connectivity index (χ1v) is 24.4. The number of allylic oxidation sites excluding steroid dienone is 1. The van der Waals surface area contributed by atoms with E-state index in [1.165, 1.54) is 43.9 Å². The number of carbonyl (C=O) groups excluding carboxylic acids is 1. The van der Waals surface area contributed by atoms with Crippen LogP contribution in [-0.2, 0) is 21.9 Å². The average Bonchev–Trinajstić information content (AvgIpc) is 3.33. The first-order valence-electron chi connectivity index (χ1n) is 20.4. The second kappa shape index (κ2) is 17.5. The average molecular weight is 832 g/mol. The van der Waals surface area contributed by atoms with Crippen LogP contribution in [0.25, 0.3) is 0 Å². The number of benzene rings is 2. The summed E-state index contributed by atoms with van der Waals surface area (Å²) in [6.07, 6.45) is 10.5. The van der Waals surface area contributed by atoms with Crippen molar-refractivity contribution >= 4 is 56.7 Å². The number of aliphatic hydroxyl groups is 1. The number of nitrogens with zero attached hydrogens (tertiary/aromatic N) is 2. The maximum Gasteiger partial charge on any atom is 0.264 e. The maximum absolute atomic E-state index is 13.5. The van der Waals surface area contributed by atoms with E-state index in [0.717, 1.165) is 60.7 Å². The number of rotatable bonds is 2. The topological polar surface area (TPSA) is 111 Å². The first-order chi connectivity index (χ1) is 26.4. The molecule has 1 spiro atoms. The molecule has 2 aromatic rings. The summed E-state index contributed by atoms with van der Waals surface area (Å²) >= 11 is 10.2. The number of amides is 1. The molecular formula is C42H59ClN4O5S3. The molecule has 0 radical (unpaired) electrons. The molecule has 4 heterocycles. The second-order valence-electron chi connectivity index (χ2n) is 16.5. The quantitative estimate of drug-likeness (QED) is 0.282.